The van der Waals surface area contributed by atoms with Crippen LogP contribution in [0.1, 0.15) is 29.4 Å². The molecule has 1 aliphatic heterocycles. The van der Waals surface area contributed by atoms with Gasteiger partial charge in [-0.3, -0.25) is 4.57 Å². The molecule has 1 aromatic carbocycles. The highest BCUT2D eigenvalue weighted by Crippen LogP contribution is 2.32. The van der Waals surface area contributed by atoms with Crippen molar-refractivity contribution in [3.05, 3.63) is 51.2 Å². The minimum Gasteiger partial charge on any atom is -0.271 e. The molecule has 18 heavy (non-hydrogen) atoms. The van der Waals surface area contributed by atoms with E-state index in [1.54, 1.807) is 6.92 Å². The van der Waals surface area contributed by atoms with Gasteiger partial charge in [0.05, 0.1) is 6.04 Å². The molecule has 0 radical (unpaired) electrons. The molecule has 1 atom stereocenters. The average Bonchev–Trinajstić information content (AvgIpc) is 2.82. The van der Waals surface area contributed by atoms with Gasteiger partial charge in [0.15, 0.2) is 0 Å². The number of benzene rings is 1. The van der Waals surface area contributed by atoms with E-state index in [0.29, 0.717) is 24.2 Å². The molecule has 3 rings (SSSR count). The average molecular weight is 251 g/mol. The Labute approximate surface area is 101 Å². The summed E-state index contributed by atoms with van der Waals surface area (Å²) in [6.45, 7) is 1.63. The Bertz CT molecular complexity index is 651. The van der Waals surface area contributed by atoms with Crippen LogP contribution in [0.25, 0.3) is 0 Å². The van der Waals surface area contributed by atoms with E-state index in [9.17, 15) is 13.6 Å². The number of H-pyrrole nitrogens is 1. The van der Waals surface area contributed by atoms with Crippen LogP contribution in [0.3, 0.4) is 0 Å². The van der Waals surface area contributed by atoms with Crippen LogP contribution in [-0.2, 0) is 6.42 Å². The van der Waals surface area contributed by atoms with E-state index in [1.165, 1.54) is 16.7 Å². The highest BCUT2D eigenvalue weighted by Gasteiger charge is 2.31. The van der Waals surface area contributed by atoms with E-state index >= 15 is 0 Å². The first kappa shape index (κ1) is 11.1. The van der Waals surface area contributed by atoms with Gasteiger partial charge in [0, 0.05) is 12.0 Å². The molecule has 0 spiro atoms. The Hall–Kier alpha value is -1.98. The van der Waals surface area contributed by atoms with Crippen LogP contribution in [0.15, 0.2) is 16.9 Å². The summed E-state index contributed by atoms with van der Waals surface area (Å²) in [5.74, 6) is -0.679. The second-order valence-corrected chi connectivity index (χ2v) is 4.51. The number of fused-ring (bicyclic) bond motifs is 1. The van der Waals surface area contributed by atoms with Crippen LogP contribution in [0.5, 0.6) is 0 Å². The van der Waals surface area contributed by atoms with Crippen molar-refractivity contribution in [2.45, 2.75) is 25.8 Å². The zero-order valence-electron chi connectivity index (χ0n) is 9.70. The first-order valence-corrected chi connectivity index (χ1v) is 5.69. The zero-order valence-corrected chi connectivity index (χ0v) is 9.70. The second-order valence-electron chi connectivity index (χ2n) is 4.51. The lowest BCUT2D eigenvalue weighted by Crippen LogP contribution is -2.22. The molecule has 1 aliphatic rings. The summed E-state index contributed by atoms with van der Waals surface area (Å²) in [5.41, 5.74) is 0.0428. The highest BCUT2D eigenvalue weighted by atomic mass is 19.1. The Balaban J connectivity index is 2.18. The van der Waals surface area contributed by atoms with E-state index < -0.39 is 23.4 Å². The summed E-state index contributed by atoms with van der Waals surface area (Å²) in [6, 6.07) is 1.95. The van der Waals surface area contributed by atoms with Crippen LogP contribution < -0.4 is 5.69 Å². The lowest BCUT2D eigenvalue weighted by atomic mass is 10.0. The second kappa shape index (κ2) is 3.76. The molecule has 94 valence electrons. The van der Waals surface area contributed by atoms with Crippen LogP contribution in [0, 0.1) is 18.6 Å². The zero-order chi connectivity index (χ0) is 12.9. The number of aryl methyl sites for hydroxylation is 2. The predicted octanol–water partition coefficient (Wildman–Crippen LogP) is 1.69. The number of halogens is 2. The first-order chi connectivity index (χ1) is 8.58. The Morgan fingerprint density at radius 1 is 1.39 bits per heavy atom. The first-order valence-electron chi connectivity index (χ1n) is 5.69. The number of nitrogens with one attached hydrogen (secondary N) is 1. The molecule has 6 heteroatoms. The van der Waals surface area contributed by atoms with E-state index in [1.807, 2.05) is 0 Å². The molecular weight excluding hydrogens is 240 g/mol. The third kappa shape index (κ3) is 1.48. The SMILES string of the molecule is Cc1cc(F)c(C2CCc3n[nH]c(=O)n32)c(F)c1. The van der Waals surface area contributed by atoms with Crippen LogP contribution in [0.2, 0.25) is 0 Å². The number of nitrogens with zero attached hydrogens (tertiary/aromatic N) is 2. The molecule has 0 saturated carbocycles. The lowest BCUT2D eigenvalue weighted by molar-refractivity contribution is 0.491. The van der Waals surface area contributed by atoms with Crippen molar-refractivity contribution >= 4 is 0 Å². The molecule has 0 bridgehead atoms. The Kier molecular flexibility index (Phi) is 2.33. The summed E-state index contributed by atoms with van der Waals surface area (Å²) < 4.78 is 29.1. The number of aromatic amines is 1. The molecule has 0 amide bonds. The maximum absolute atomic E-state index is 13.9. The fraction of sp³-hybridized carbons (Fsp3) is 0.333. The van der Waals surface area contributed by atoms with Crippen molar-refractivity contribution in [2.24, 2.45) is 0 Å². The van der Waals surface area contributed by atoms with Gasteiger partial charge in [0.25, 0.3) is 0 Å². The van der Waals surface area contributed by atoms with E-state index in [0.717, 1.165) is 0 Å². The third-order valence-electron chi connectivity index (χ3n) is 3.29. The van der Waals surface area contributed by atoms with Crippen molar-refractivity contribution in [3.8, 4) is 0 Å². The van der Waals surface area contributed by atoms with Gasteiger partial charge in [-0.15, -0.1) is 0 Å². The molecule has 1 unspecified atom stereocenters. The standard InChI is InChI=1S/C12H11F2N3O/c1-6-4-7(13)11(8(14)5-6)9-2-3-10-15-16-12(18)17(9)10/h4-5,9H,2-3H2,1H3,(H,16,18). The van der Waals surface area contributed by atoms with Gasteiger partial charge in [0.2, 0.25) is 0 Å². The summed E-state index contributed by atoms with van der Waals surface area (Å²) >= 11 is 0. The van der Waals surface area contributed by atoms with Gasteiger partial charge in [-0.05, 0) is 31.0 Å². The number of rotatable bonds is 1. The fourth-order valence-electron chi connectivity index (χ4n) is 2.53. The predicted molar refractivity (Wildman–Crippen MR) is 60.4 cm³/mol. The maximum Gasteiger partial charge on any atom is 0.343 e. The topological polar surface area (TPSA) is 50.7 Å². The minimum absolute atomic E-state index is 0.0529. The molecule has 0 aliphatic carbocycles. The molecule has 0 saturated heterocycles. The summed E-state index contributed by atoms with van der Waals surface area (Å²) in [7, 11) is 0. The van der Waals surface area contributed by atoms with Gasteiger partial charge in [-0.25, -0.2) is 18.7 Å². The summed E-state index contributed by atoms with van der Waals surface area (Å²) in [6.07, 6.45) is 1.03. The largest absolute Gasteiger partial charge is 0.343 e. The monoisotopic (exact) mass is 251 g/mol. The molecule has 2 aromatic rings. The van der Waals surface area contributed by atoms with Crippen molar-refractivity contribution in [1.82, 2.24) is 14.8 Å². The van der Waals surface area contributed by atoms with Crippen molar-refractivity contribution in [2.75, 3.05) is 0 Å². The summed E-state index contributed by atoms with van der Waals surface area (Å²) in [4.78, 5) is 11.6. The Morgan fingerprint density at radius 3 is 2.72 bits per heavy atom. The number of hydrogen-bond acceptors (Lipinski definition) is 2. The van der Waals surface area contributed by atoms with E-state index in [4.69, 9.17) is 0 Å². The van der Waals surface area contributed by atoms with Crippen molar-refractivity contribution in [1.29, 1.82) is 0 Å². The highest BCUT2D eigenvalue weighted by molar-refractivity contribution is 5.30. The normalized spacial score (nSPS) is 18.1. The van der Waals surface area contributed by atoms with Crippen LogP contribution in [0.4, 0.5) is 8.78 Å². The van der Waals surface area contributed by atoms with Crippen LogP contribution >= 0.6 is 0 Å². The minimum atomic E-state index is -0.613. The number of hydrogen-bond donors (Lipinski definition) is 1. The van der Waals surface area contributed by atoms with E-state index in [2.05, 4.69) is 10.2 Å². The number of aromatic nitrogens is 3. The van der Waals surface area contributed by atoms with Gasteiger partial charge in [0.1, 0.15) is 17.5 Å². The molecule has 1 aromatic heterocycles. The van der Waals surface area contributed by atoms with Crippen LogP contribution in [-0.4, -0.2) is 14.8 Å². The fourth-order valence-corrected chi connectivity index (χ4v) is 2.53. The van der Waals surface area contributed by atoms with Gasteiger partial charge in [-0.2, -0.15) is 5.10 Å². The maximum atomic E-state index is 13.9. The van der Waals surface area contributed by atoms with Crippen molar-refractivity contribution in [3.63, 3.8) is 0 Å². The molecule has 0 fully saturated rings. The summed E-state index contributed by atoms with van der Waals surface area (Å²) in [5, 5.41) is 6.13. The van der Waals surface area contributed by atoms with E-state index in [-0.39, 0.29) is 5.56 Å². The quantitative estimate of drug-likeness (QED) is 0.838. The molecular formula is C12H11F2N3O. The Morgan fingerprint density at radius 2 is 2.06 bits per heavy atom. The molecule has 4 nitrogen and oxygen atoms in total. The smallest absolute Gasteiger partial charge is 0.271 e. The van der Waals surface area contributed by atoms with Crippen molar-refractivity contribution < 1.29 is 8.78 Å². The van der Waals surface area contributed by atoms with Gasteiger partial charge < -0.3 is 0 Å². The van der Waals surface area contributed by atoms with Gasteiger partial charge in [-0.1, -0.05) is 0 Å². The lowest BCUT2D eigenvalue weighted by Gasteiger charge is -2.14. The molecule has 1 N–H and O–H groups in total. The third-order valence-corrected chi connectivity index (χ3v) is 3.29. The van der Waals surface area contributed by atoms with Gasteiger partial charge >= 0.3 is 5.69 Å². The molecule has 2 heterocycles.